The summed E-state index contributed by atoms with van der Waals surface area (Å²) in [5.74, 6) is 0. The standard InChI is InChI=1S/C7H9N3/c1-8-3-6-4-10-5-7(6)9-2/h3-5,10H,2H2,1H3/b8-3-. The van der Waals surface area contributed by atoms with Crippen LogP contribution in [-0.2, 0) is 0 Å². The third kappa shape index (κ3) is 1.13. The lowest BCUT2D eigenvalue weighted by Gasteiger charge is -1.85. The molecule has 0 saturated heterocycles. The molecule has 0 aliphatic heterocycles. The zero-order valence-electron chi connectivity index (χ0n) is 5.83. The first-order chi connectivity index (χ1) is 4.88. The Morgan fingerprint density at radius 3 is 3.00 bits per heavy atom. The predicted molar refractivity (Wildman–Crippen MR) is 43.5 cm³/mol. The van der Waals surface area contributed by atoms with Crippen molar-refractivity contribution in [3.63, 3.8) is 0 Å². The average Bonchev–Trinajstić information content (AvgIpc) is 2.36. The molecule has 1 rings (SSSR count). The highest BCUT2D eigenvalue weighted by molar-refractivity contribution is 5.86. The van der Waals surface area contributed by atoms with Gasteiger partial charge in [0.05, 0.1) is 5.69 Å². The number of nitrogens with zero attached hydrogens (tertiary/aromatic N) is 2. The molecule has 0 atom stereocenters. The molecule has 3 heteroatoms. The molecule has 0 aliphatic rings. The van der Waals surface area contributed by atoms with Crippen LogP contribution in [0.3, 0.4) is 0 Å². The average molecular weight is 135 g/mol. The molecular formula is C7H9N3. The highest BCUT2D eigenvalue weighted by Gasteiger charge is 1.95. The Balaban J connectivity index is 3.00. The van der Waals surface area contributed by atoms with E-state index in [1.165, 1.54) is 0 Å². The van der Waals surface area contributed by atoms with Crippen LogP contribution in [0.15, 0.2) is 22.4 Å². The summed E-state index contributed by atoms with van der Waals surface area (Å²) >= 11 is 0. The molecule has 1 heterocycles. The molecule has 10 heavy (non-hydrogen) atoms. The van der Waals surface area contributed by atoms with Gasteiger partial charge in [0.2, 0.25) is 0 Å². The van der Waals surface area contributed by atoms with Crippen molar-refractivity contribution in [3.8, 4) is 0 Å². The number of hydrogen-bond donors (Lipinski definition) is 1. The van der Waals surface area contributed by atoms with E-state index >= 15 is 0 Å². The first-order valence-electron chi connectivity index (χ1n) is 2.94. The molecule has 3 nitrogen and oxygen atoms in total. The van der Waals surface area contributed by atoms with E-state index in [4.69, 9.17) is 0 Å². The van der Waals surface area contributed by atoms with Gasteiger partial charge in [-0.25, -0.2) is 0 Å². The van der Waals surface area contributed by atoms with E-state index < -0.39 is 0 Å². The molecule has 1 aromatic heterocycles. The fourth-order valence-electron chi connectivity index (χ4n) is 0.747. The maximum Gasteiger partial charge on any atom is 0.0884 e. The Labute approximate surface area is 59.5 Å². The van der Waals surface area contributed by atoms with Crippen LogP contribution in [0.1, 0.15) is 5.56 Å². The second-order valence-electron chi connectivity index (χ2n) is 1.84. The van der Waals surface area contributed by atoms with Crippen LogP contribution in [-0.4, -0.2) is 25.0 Å². The largest absolute Gasteiger partial charge is 0.365 e. The monoisotopic (exact) mass is 135 g/mol. The quantitative estimate of drug-likeness (QED) is 0.595. The van der Waals surface area contributed by atoms with Gasteiger partial charge in [0, 0.05) is 31.2 Å². The van der Waals surface area contributed by atoms with Crippen LogP contribution in [0, 0.1) is 0 Å². The molecular weight excluding hydrogens is 126 g/mol. The number of H-pyrrole nitrogens is 1. The first-order valence-corrected chi connectivity index (χ1v) is 2.94. The summed E-state index contributed by atoms with van der Waals surface area (Å²) in [4.78, 5) is 10.5. The minimum Gasteiger partial charge on any atom is -0.365 e. The van der Waals surface area contributed by atoms with Gasteiger partial charge in [0.1, 0.15) is 0 Å². The number of rotatable bonds is 2. The van der Waals surface area contributed by atoms with Crippen molar-refractivity contribution in [1.29, 1.82) is 0 Å². The van der Waals surface area contributed by atoms with E-state index in [0.29, 0.717) is 0 Å². The second-order valence-corrected chi connectivity index (χ2v) is 1.84. The predicted octanol–water partition coefficient (Wildman–Crippen LogP) is 1.40. The van der Waals surface area contributed by atoms with Crippen molar-refractivity contribution in [2.75, 3.05) is 7.05 Å². The summed E-state index contributed by atoms with van der Waals surface area (Å²) in [6.45, 7) is 3.41. The Morgan fingerprint density at radius 2 is 2.40 bits per heavy atom. The van der Waals surface area contributed by atoms with Crippen molar-refractivity contribution in [1.82, 2.24) is 4.98 Å². The van der Waals surface area contributed by atoms with Crippen molar-refractivity contribution in [3.05, 3.63) is 18.0 Å². The fourth-order valence-corrected chi connectivity index (χ4v) is 0.747. The molecule has 0 aromatic carbocycles. The van der Waals surface area contributed by atoms with E-state index in [9.17, 15) is 0 Å². The molecule has 52 valence electrons. The van der Waals surface area contributed by atoms with E-state index in [1.54, 1.807) is 19.5 Å². The van der Waals surface area contributed by atoms with Gasteiger partial charge in [0.15, 0.2) is 0 Å². The molecule has 0 aliphatic carbocycles. The molecule has 1 N–H and O–H groups in total. The van der Waals surface area contributed by atoms with Gasteiger partial charge in [-0.15, -0.1) is 0 Å². The molecule has 0 fully saturated rings. The SMILES string of the molecule is C=Nc1c[nH]cc1/C=N\C. The van der Waals surface area contributed by atoms with Crippen LogP contribution in [0.2, 0.25) is 0 Å². The van der Waals surface area contributed by atoms with Gasteiger partial charge >= 0.3 is 0 Å². The molecule has 0 radical (unpaired) electrons. The van der Waals surface area contributed by atoms with Gasteiger partial charge in [-0.2, -0.15) is 0 Å². The Kier molecular flexibility index (Phi) is 1.99. The highest BCUT2D eigenvalue weighted by atomic mass is 14.8. The van der Waals surface area contributed by atoms with Crippen LogP contribution in [0.5, 0.6) is 0 Å². The molecule has 0 bridgehead atoms. The van der Waals surface area contributed by atoms with E-state index in [1.807, 2.05) is 6.20 Å². The van der Waals surface area contributed by atoms with Crippen molar-refractivity contribution < 1.29 is 0 Å². The van der Waals surface area contributed by atoms with Crippen molar-refractivity contribution in [2.24, 2.45) is 9.98 Å². The summed E-state index contributed by atoms with van der Waals surface area (Å²) in [6, 6.07) is 0. The molecule has 1 aromatic rings. The maximum absolute atomic E-state index is 3.85. The number of nitrogens with one attached hydrogen (secondary N) is 1. The maximum atomic E-state index is 3.85. The molecule has 0 unspecified atom stereocenters. The highest BCUT2D eigenvalue weighted by Crippen LogP contribution is 2.14. The fraction of sp³-hybridized carbons (Fsp3) is 0.143. The van der Waals surface area contributed by atoms with Gasteiger partial charge < -0.3 is 4.98 Å². The third-order valence-electron chi connectivity index (χ3n) is 1.19. The van der Waals surface area contributed by atoms with Crippen molar-refractivity contribution in [2.45, 2.75) is 0 Å². The normalized spacial score (nSPS) is 10.5. The van der Waals surface area contributed by atoms with Gasteiger partial charge in [-0.1, -0.05) is 0 Å². The second kappa shape index (κ2) is 2.96. The van der Waals surface area contributed by atoms with Gasteiger partial charge in [-0.3, -0.25) is 9.98 Å². The smallest absolute Gasteiger partial charge is 0.0884 e. The Bertz CT molecular complexity index is 247. The van der Waals surface area contributed by atoms with E-state index in [-0.39, 0.29) is 0 Å². The topological polar surface area (TPSA) is 40.5 Å². The van der Waals surface area contributed by atoms with Gasteiger partial charge in [0.25, 0.3) is 0 Å². The minimum absolute atomic E-state index is 0.839. The Morgan fingerprint density at radius 1 is 1.60 bits per heavy atom. The first kappa shape index (κ1) is 6.74. The van der Waals surface area contributed by atoms with Crippen LogP contribution in [0.25, 0.3) is 0 Å². The number of aromatic nitrogens is 1. The summed E-state index contributed by atoms with van der Waals surface area (Å²) in [6.07, 6.45) is 5.35. The molecule has 0 amide bonds. The van der Waals surface area contributed by atoms with Gasteiger partial charge in [-0.05, 0) is 6.72 Å². The van der Waals surface area contributed by atoms with Crippen LogP contribution < -0.4 is 0 Å². The zero-order chi connectivity index (χ0) is 7.40. The molecule has 0 saturated carbocycles. The number of aromatic amines is 1. The summed E-state index contributed by atoms with van der Waals surface area (Å²) < 4.78 is 0. The Hall–Kier alpha value is -1.38. The molecule has 0 spiro atoms. The van der Waals surface area contributed by atoms with Crippen molar-refractivity contribution >= 4 is 18.6 Å². The third-order valence-corrected chi connectivity index (χ3v) is 1.19. The summed E-state index contributed by atoms with van der Waals surface area (Å²) in [5.41, 5.74) is 1.81. The lowest BCUT2D eigenvalue weighted by molar-refractivity contribution is 1.40. The van der Waals surface area contributed by atoms with E-state index in [0.717, 1.165) is 11.3 Å². The number of hydrogen-bond acceptors (Lipinski definition) is 2. The van der Waals surface area contributed by atoms with E-state index in [2.05, 4.69) is 21.7 Å². The number of aliphatic imine (C=N–C) groups is 2. The zero-order valence-corrected chi connectivity index (χ0v) is 5.83. The van der Waals surface area contributed by atoms with Crippen LogP contribution >= 0.6 is 0 Å². The summed E-state index contributed by atoms with van der Waals surface area (Å²) in [7, 11) is 1.72. The van der Waals surface area contributed by atoms with Crippen LogP contribution in [0.4, 0.5) is 5.69 Å². The lowest BCUT2D eigenvalue weighted by Crippen LogP contribution is -1.73. The summed E-state index contributed by atoms with van der Waals surface area (Å²) in [5, 5.41) is 0. The minimum atomic E-state index is 0.839. The lowest BCUT2D eigenvalue weighted by atomic mass is 10.3.